The summed E-state index contributed by atoms with van der Waals surface area (Å²) < 4.78 is 44.9. The molecule has 0 saturated heterocycles. The van der Waals surface area contributed by atoms with Crippen molar-refractivity contribution in [1.82, 2.24) is 9.97 Å². The number of aromatic nitrogens is 2. The smallest absolute Gasteiger partial charge is 0.309 e. The number of hydrogen-bond acceptors (Lipinski definition) is 4. The van der Waals surface area contributed by atoms with Crippen LogP contribution in [0.25, 0.3) is 11.1 Å². The maximum atomic E-state index is 15.9. The van der Waals surface area contributed by atoms with Crippen molar-refractivity contribution in [1.29, 1.82) is 0 Å². The molecule has 4 rings (SSSR count). The number of halogens is 3. The Balaban J connectivity index is 1.52. The Morgan fingerprint density at radius 2 is 1.78 bits per heavy atom. The van der Waals surface area contributed by atoms with E-state index in [0.29, 0.717) is 65.2 Å². The number of alkyl halides is 2. The van der Waals surface area contributed by atoms with Crippen LogP contribution in [0.1, 0.15) is 147 Å². The minimum atomic E-state index is -3.09. The molecule has 0 radical (unpaired) electrons. The Morgan fingerprint density at radius 3 is 2.44 bits per heavy atom. The van der Waals surface area contributed by atoms with Crippen LogP contribution in [0.4, 0.5) is 18.9 Å². The van der Waals surface area contributed by atoms with E-state index in [9.17, 15) is 18.7 Å². The minimum Gasteiger partial charge on any atom is -0.481 e. The van der Waals surface area contributed by atoms with Gasteiger partial charge in [0.2, 0.25) is 0 Å². The molecule has 1 saturated carbocycles. The summed E-state index contributed by atoms with van der Waals surface area (Å²) in [6, 6.07) is 9.41. The van der Waals surface area contributed by atoms with Gasteiger partial charge < -0.3 is 5.11 Å². The molecule has 0 spiro atoms. The number of carboxylic acids is 1. The molecule has 8 heteroatoms. The lowest BCUT2D eigenvalue weighted by molar-refractivity contribution is -0.150. The first-order valence-electron chi connectivity index (χ1n) is 20.2. The summed E-state index contributed by atoms with van der Waals surface area (Å²) in [5.74, 6) is -3.49. The zero-order chi connectivity index (χ0) is 40.0. The van der Waals surface area contributed by atoms with Crippen LogP contribution in [0.2, 0.25) is 0 Å². The third-order valence-electron chi connectivity index (χ3n) is 11.0. The van der Waals surface area contributed by atoms with Crippen molar-refractivity contribution >= 4 is 17.4 Å². The van der Waals surface area contributed by atoms with Crippen LogP contribution in [0, 0.1) is 24.1 Å². The van der Waals surface area contributed by atoms with Crippen molar-refractivity contribution in [3.05, 3.63) is 113 Å². The number of benzene rings is 2. The van der Waals surface area contributed by atoms with Crippen LogP contribution in [0.5, 0.6) is 0 Å². The third-order valence-corrected chi connectivity index (χ3v) is 11.0. The molecule has 3 atom stereocenters. The second-order valence-corrected chi connectivity index (χ2v) is 15.5. The lowest BCUT2D eigenvalue weighted by Crippen LogP contribution is -2.34. The van der Waals surface area contributed by atoms with E-state index in [-0.39, 0.29) is 17.4 Å². The molecule has 3 unspecified atom stereocenters. The number of rotatable bonds is 18. The molecular formula is C47H60F3N3O2. The third kappa shape index (κ3) is 11.8. The van der Waals surface area contributed by atoms with Gasteiger partial charge in [-0.2, -0.15) is 8.78 Å². The zero-order valence-corrected chi connectivity index (χ0v) is 33.7. The number of aryl methyl sites for hydroxylation is 1. The van der Waals surface area contributed by atoms with Gasteiger partial charge in [0.05, 0.1) is 16.8 Å². The number of nitrogens with zero attached hydrogens (tertiary/aromatic N) is 3. The predicted molar refractivity (Wildman–Crippen MR) is 220 cm³/mol. The fourth-order valence-electron chi connectivity index (χ4n) is 7.76. The van der Waals surface area contributed by atoms with Gasteiger partial charge in [-0.3, -0.25) is 9.79 Å². The molecule has 1 heterocycles. The average molecular weight is 756 g/mol. The van der Waals surface area contributed by atoms with E-state index in [1.807, 2.05) is 6.07 Å². The second kappa shape index (κ2) is 20.5. The molecule has 5 nitrogen and oxygen atoms in total. The second-order valence-electron chi connectivity index (χ2n) is 15.5. The molecule has 55 heavy (non-hydrogen) atoms. The summed E-state index contributed by atoms with van der Waals surface area (Å²) in [5, 5.41) is 10.6. The molecule has 1 fully saturated rings. The van der Waals surface area contributed by atoms with E-state index in [4.69, 9.17) is 15.0 Å². The maximum Gasteiger partial charge on any atom is 0.309 e. The molecule has 1 aliphatic carbocycles. The van der Waals surface area contributed by atoms with Gasteiger partial charge in [-0.05, 0) is 126 Å². The highest BCUT2D eigenvalue weighted by molar-refractivity contribution is 6.02. The number of carbonyl (C=O) groups is 1. The van der Waals surface area contributed by atoms with Crippen molar-refractivity contribution in [2.24, 2.45) is 16.3 Å². The van der Waals surface area contributed by atoms with E-state index in [1.165, 1.54) is 24.3 Å². The standard InChI is InChI=1S/C47H60F3N3O2/c1-7-10-12-13-14-15-18-33(4)29-46(45(54)55)26-17-16-19-37(30-46)35(6)44-51-31-38(32-52-44)36-21-23-40(41(48)28-36)43(20-11-8-2)53-42-24-22-39(27-34(42)5)47(49,50)25-9-3/h9,12-13,18,21-25,27-28,31-32,35,37H,7-8,10-11,14-17,19-20,26,29-30H2,1-6H3,(H,54,55). The summed E-state index contributed by atoms with van der Waals surface area (Å²) in [4.78, 5) is 27.2. The van der Waals surface area contributed by atoms with Gasteiger partial charge in [-0.1, -0.05) is 88.5 Å². The van der Waals surface area contributed by atoms with Gasteiger partial charge in [0.25, 0.3) is 5.92 Å². The molecule has 0 bridgehead atoms. The van der Waals surface area contributed by atoms with Crippen LogP contribution >= 0.6 is 0 Å². The Morgan fingerprint density at radius 1 is 1.04 bits per heavy atom. The van der Waals surface area contributed by atoms with Crippen molar-refractivity contribution in [2.75, 3.05) is 0 Å². The summed E-state index contributed by atoms with van der Waals surface area (Å²) in [5.41, 5.74) is 3.57. The summed E-state index contributed by atoms with van der Waals surface area (Å²) >= 11 is 0. The summed E-state index contributed by atoms with van der Waals surface area (Å²) in [7, 11) is 0. The van der Waals surface area contributed by atoms with Gasteiger partial charge in [-0.15, -0.1) is 0 Å². The first-order chi connectivity index (χ1) is 26.3. The van der Waals surface area contributed by atoms with Crippen LogP contribution in [-0.4, -0.2) is 26.8 Å². The number of carboxylic acid groups (broad SMARTS) is 1. The van der Waals surface area contributed by atoms with E-state index < -0.39 is 23.1 Å². The molecule has 1 aliphatic rings. The quantitative estimate of drug-likeness (QED) is 0.0607. The summed E-state index contributed by atoms with van der Waals surface area (Å²) in [6.07, 6.45) is 23.2. The largest absolute Gasteiger partial charge is 0.481 e. The number of hydrogen-bond donors (Lipinski definition) is 1. The first kappa shape index (κ1) is 43.4. The SMILES string of the molecule is CC=CC(F)(F)c1ccc(N=C(CCCC)c2ccc(-c3cnc(C(C)C4CCCCC(CC(C)=CCCC=CCCC)(C(=O)O)C4)nc3)cc2F)c(C)c1. The molecule has 0 amide bonds. The van der Waals surface area contributed by atoms with Gasteiger partial charge in [-0.25, -0.2) is 14.4 Å². The lowest BCUT2D eigenvalue weighted by atomic mass is 9.70. The van der Waals surface area contributed by atoms with E-state index in [1.54, 1.807) is 38.4 Å². The van der Waals surface area contributed by atoms with Crippen LogP contribution in [0.15, 0.2) is 89.7 Å². The van der Waals surface area contributed by atoms with Crippen LogP contribution in [-0.2, 0) is 10.7 Å². The topological polar surface area (TPSA) is 75.4 Å². The Kier molecular flexibility index (Phi) is 16.2. The normalized spacial score (nSPS) is 19.3. The van der Waals surface area contributed by atoms with Gasteiger partial charge >= 0.3 is 5.97 Å². The average Bonchev–Trinajstić information content (AvgIpc) is 3.38. The van der Waals surface area contributed by atoms with E-state index >= 15 is 4.39 Å². The first-order valence-corrected chi connectivity index (χ1v) is 20.2. The monoisotopic (exact) mass is 755 g/mol. The summed E-state index contributed by atoms with van der Waals surface area (Å²) in [6.45, 7) is 11.7. The Hall–Kier alpha value is -4.33. The van der Waals surface area contributed by atoms with Crippen LogP contribution in [0.3, 0.4) is 0 Å². The fraction of sp³-hybridized carbons (Fsp3) is 0.489. The highest BCUT2D eigenvalue weighted by atomic mass is 19.3. The van der Waals surface area contributed by atoms with Crippen molar-refractivity contribution in [3.63, 3.8) is 0 Å². The minimum absolute atomic E-state index is 0.0397. The highest BCUT2D eigenvalue weighted by Crippen LogP contribution is 2.46. The van der Waals surface area contributed by atoms with Crippen molar-refractivity contribution in [2.45, 2.75) is 137 Å². The van der Waals surface area contributed by atoms with Gasteiger partial charge in [0.1, 0.15) is 11.6 Å². The number of aliphatic imine (C=N–C) groups is 1. The molecule has 2 aromatic carbocycles. The fourth-order valence-corrected chi connectivity index (χ4v) is 7.76. The zero-order valence-electron chi connectivity index (χ0n) is 33.7. The highest BCUT2D eigenvalue weighted by Gasteiger charge is 2.43. The predicted octanol–water partition coefficient (Wildman–Crippen LogP) is 13.8. The van der Waals surface area contributed by atoms with Gasteiger partial charge in [0, 0.05) is 35.0 Å². The van der Waals surface area contributed by atoms with Crippen molar-refractivity contribution < 1.29 is 23.1 Å². The van der Waals surface area contributed by atoms with E-state index in [2.05, 4.69) is 45.9 Å². The Labute approximate surface area is 327 Å². The van der Waals surface area contributed by atoms with Gasteiger partial charge in [0.15, 0.2) is 0 Å². The maximum absolute atomic E-state index is 15.9. The number of allylic oxidation sites excluding steroid dienone is 6. The van der Waals surface area contributed by atoms with Crippen LogP contribution < -0.4 is 0 Å². The lowest BCUT2D eigenvalue weighted by Gasteiger charge is -2.33. The number of unbranched alkanes of at least 4 members (excludes halogenated alkanes) is 3. The molecule has 1 aromatic heterocycles. The van der Waals surface area contributed by atoms with E-state index in [0.717, 1.165) is 69.4 Å². The molecule has 0 aliphatic heterocycles. The van der Waals surface area contributed by atoms with Crippen molar-refractivity contribution in [3.8, 4) is 11.1 Å². The number of aliphatic carboxylic acids is 1. The molecule has 3 aromatic rings. The molecule has 1 N–H and O–H groups in total. The molecule has 296 valence electrons. The molecular weight excluding hydrogens is 696 g/mol. The Bertz CT molecular complexity index is 1850.